The largest absolute Gasteiger partial charge is 0.358 e. The van der Waals surface area contributed by atoms with Crippen molar-refractivity contribution in [3.63, 3.8) is 0 Å². The average Bonchev–Trinajstić information content (AvgIpc) is 2.92. The summed E-state index contributed by atoms with van der Waals surface area (Å²) in [5.74, 6) is 0.170. The predicted octanol–water partition coefficient (Wildman–Crippen LogP) is 2.80. The van der Waals surface area contributed by atoms with Crippen LogP contribution < -0.4 is 0 Å². The zero-order chi connectivity index (χ0) is 15.1. The summed E-state index contributed by atoms with van der Waals surface area (Å²) in [4.78, 5) is 26.5. The van der Waals surface area contributed by atoms with E-state index in [0.29, 0.717) is 28.4 Å². The van der Waals surface area contributed by atoms with Crippen LogP contribution in [-0.4, -0.2) is 20.3 Å². The molecule has 1 aliphatic rings. The van der Waals surface area contributed by atoms with E-state index in [1.807, 2.05) is 0 Å². The Morgan fingerprint density at radius 3 is 2.90 bits per heavy atom. The van der Waals surface area contributed by atoms with E-state index in [2.05, 4.69) is 4.98 Å². The van der Waals surface area contributed by atoms with Crippen molar-refractivity contribution in [2.24, 2.45) is 7.05 Å². The first-order chi connectivity index (χ1) is 9.97. The van der Waals surface area contributed by atoms with Gasteiger partial charge in [0, 0.05) is 28.7 Å². The van der Waals surface area contributed by atoms with Gasteiger partial charge in [-0.3, -0.25) is 4.79 Å². The van der Waals surface area contributed by atoms with Crippen molar-refractivity contribution >= 4 is 29.3 Å². The van der Waals surface area contributed by atoms with Gasteiger partial charge in [0.25, 0.3) is 0 Å². The molecule has 1 aliphatic carbocycles. The lowest BCUT2D eigenvalue weighted by atomic mass is 10.1. The van der Waals surface area contributed by atoms with Crippen LogP contribution in [0.15, 0.2) is 30.0 Å². The number of halogens is 1. The summed E-state index contributed by atoms with van der Waals surface area (Å²) >= 11 is 5.92. The molecule has 7 heteroatoms. The van der Waals surface area contributed by atoms with Crippen molar-refractivity contribution in [3.8, 4) is 0 Å². The monoisotopic (exact) mass is 303 g/mol. The van der Waals surface area contributed by atoms with Crippen molar-refractivity contribution in [3.05, 3.63) is 62.1 Å². The summed E-state index contributed by atoms with van der Waals surface area (Å²) in [5, 5.41) is 11.4. The normalized spacial score (nSPS) is 15.5. The van der Waals surface area contributed by atoms with Gasteiger partial charge in [-0.15, -0.1) is 0 Å². The molecular weight excluding hydrogens is 294 g/mol. The molecule has 6 nitrogen and oxygen atoms in total. The zero-order valence-electron chi connectivity index (χ0n) is 11.0. The van der Waals surface area contributed by atoms with Gasteiger partial charge in [-0.1, -0.05) is 11.6 Å². The number of benzene rings is 1. The number of ketones is 1. The van der Waals surface area contributed by atoms with E-state index in [0.717, 1.165) is 5.56 Å². The smallest absolute Gasteiger partial charge is 0.342 e. The van der Waals surface area contributed by atoms with Crippen LogP contribution in [-0.2, 0) is 13.5 Å². The molecule has 1 aromatic heterocycles. The first kappa shape index (κ1) is 13.5. The highest BCUT2D eigenvalue weighted by Crippen LogP contribution is 2.30. The lowest BCUT2D eigenvalue weighted by Gasteiger charge is -1.96. The predicted molar refractivity (Wildman–Crippen MR) is 77.3 cm³/mol. The lowest BCUT2D eigenvalue weighted by Crippen LogP contribution is -2.01. The molecule has 0 atom stereocenters. The molecule has 0 aliphatic heterocycles. The van der Waals surface area contributed by atoms with Gasteiger partial charge in [0.2, 0.25) is 5.82 Å². The van der Waals surface area contributed by atoms with Crippen molar-refractivity contribution < 1.29 is 9.72 Å². The maximum atomic E-state index is 12.3. The fourth-order valence-electron chi connectivity index (χ4n) is 2.38. The van der Waals surface area contributed by atoms with E-state index in [-0.39, 0.29) is 11.6 Å². The third-order valence-electron chi connectivity index (χ3n) is 3.47. The Kier molecular flexibility index (Phi) is 3.10. The van der Waals surface area contributed by atoms with Gasteiger partial charge in [0.1, 0.15) is 6.20 Å². The third kappa shape index (κ3) is 2.23. The Morgan fingerprint density at radius 2 is 2.24 bits per heavy atom. The van der Waals surface area contributed by atoms with Gasteiger partial charge >= 0.3 is 5.82 Å². The molecule has 1 heterocycles. The molecule has 106 valence electrons. The van der Waals surface area contributed by atoms with E-state index in [1.165, 1.54) is 10.8 Å². The Bertz CT molecular complexity index is 808. The Balaban J connectivity index is 2.00. The molecule has 0 N–H and O–H groups in total. The number of nitro groups is 1. The molecule has 21 heavy (non-hydrogen) atoms. The van der Waals surface area contributed by atoms with Crippen molar-refractivity contribution in [1.29, 1.82) is 0 Å². The molecule has 2 aromatic rings. The first-order valence-corrected chi connectivity index (χ1v) is 6.55. The fraction of sp³-hybridized carbons (Fsp3) is 0.143. The Labute approximate surface area is 124 Å². The molecule has 1 aromatic carbocycles. The number of aromatic nitrogens is 2. The number of fused-ring (bicyclic) bond motifs is 1. The summed E-state index contributed by atoms with van der Waals surface area (Å²) < 4.78 is 1.34. The summed E-state index contributed by atoms with van der Waals surface area (Å²) in [5.41, 5.74) is 2.03. The number of hydrogen-bond donors (Lipinski definition) is 0. The van der Waals surface area contributed by atoms with Gasteiger partial charge in [0.05, 0.1) is 7.05 Å². The second-order valence-electron chi connectivity index (χ2n) is 4.77. The molecule has 0 spiro atoms. The van der Waals surface area contributed by atoms with Gasteiger partial charge in [0.15, 0.2) is 5.78 Å². The van der Waals surface area contributed by atoms with Gasteiger partial charge < -0.3 is 10.1 Å². The minimum absolute atomic E-state index is 0.0904. The van der Waals surface area contributed by atoms with E-state index in [9.17, 15) is 14.9 Å². The van der Waals surface area contributed by atoms with Crippen LogP contribution in [0.3, 0.4) is 0 Å². The average molecular weight is 304 g/mol. The van der Waals surface area contributed by atoms with E-state index in [4.69, 9.17) is 11.6 Å². The van der Waals surface area contributed by atoms with E-state index < -0.39 is 4.92 Å². The minimum atomic E-state index is -0.514. The molecule has 0 unspecified atom stereocenters. The molecular formula is C14H10ClN3O3. The first-order valence-electron chi connectivity index (χ1n) is 6.17. The van der Waals surface area contributed by atoms with Crippen LogP contribution in [0.25, 0.3) is 6.08 Å². The van der Waals surface area contributed by atoms with Crippen LogP contribution in [0.5, 0.6) is 0 Å². The molecule has 0 fully saturated rings. The Hall–Kier alpha value is -2.47. The second-order valence-corrected chi connectivity index (χ2v) is 5.20. The molecule has 0 radical (unpaired) electrons. The van der Waals surface area contributed by atoms with E-state index >= 15 is 0 Å². The van der Waals surface area contributed by atoms with Crippen molar-refractivity contribution in [1.82, 2.24) is 9.55 Å². The number of carbonyl (C=O) groups is 1. The molecule has 0 saturated heterocycles. The number of Topliss-reactive ketones (excluding diaryl/α,β-unsaturated/α-hetero) is 1. The summed E-state index contributed by atoms with van der Waals surface area (Å²) in [6.45, 7) is 0. The number of hydrogen-bond acceptors (Lipinski definition) is 4. The fourth-order valence-corrected chi connectivity index (χ4v) is 2.57. The standard InChI is InChI=1S/C14H10ClN3O3/c1-17-12(16-7-13(17)18(20)21)6-9-4-8-5-10(15)2-3-11(8)14(9)19/h2-3,5-7H,4H2,1H3. The summed E-state index contributed by atoms with van der Waals surface area (Å²) in [7, 11) is 1.54. The maximum absolute atomic E-state index is 12.3. The molecule has 3 rings (SSSR count). The molecule has 0 saturated carbocycles. The van der Waals surface area contributed by atoms with Crippen LogP contribution in [0.4, 0.5) is 5.82 Å². The molecule has 0 bridgehead atoms. The number of carbonyl (C=O) groups excluding carboxylic acids is 1. The number of allylic oxidation sites excluding steroid dienone is 1. The maximum Gasteiger partial charge on any atom is 0.342 e. The second kappa shape index (κ2) is 4.82. The van der Waals surface area contributed by atoms with Gasteiger partial charge in [-0.05, 0) is 28.7 Å². The summed E-state index contributed by atoms with van der Waals surface area (Å²) in [6, 6.07) is 5.13. The van der Waals surface area contributed by atoms with Gasteiger partial charge in [-0.25, -0.2) is 9.55 Å². The number of nitrogens with zero attached hydrogens (tertiary/aromatic N) is 3. The minimum Gasteiger partial charge on any atom is -0.358 e. The highest BCUT2D eigenvalue weighted by Gasteiger charge is 2.26. The van der Waals surface area contributed by atoms with Crippen molar-refractivity contribution in [2.75, 3.05) is 0 Å². The quantitative estimate of drug-likeness (QED) is 0.485. The lowest BCUT2D eigenvalue weighted by molar-refractivity contribution is -0.391. The van der Waals surface area contributed by atoms with Crippen molar-refractivity contribution in [2.45, 2.75) is 6.42 Å². The highest BCUT2D eigenvalue weighted by molar-refractivity contribution is 6.31. The van der Waals surface area contributed by atoms with Crippen LogP contribution >= 0.6 is 11.6 Å². The van der Waals surface area contributed by atoms with Crippen LogP contribution in [0.2, 0.25) is 5.02 Å². The number of imidazole rings is 1. The summed E-state index contributed by atoms with van der Waals surface area (Å²) in [6.07, 6.45) is 3.22. The zero-order valence-corrected chi connectivity index (χ0v) is 11.8. The number of rotatable bonds is 2. The topological polar surface area (TPSA) is 78.0 Å². The van der Waals surface area contributed by atoms with Gasteiger partial charge in [-0.2, -0.15) is 0 Å². The Morgan fingerprint density at radius 1 is 1.48 bits per heavy atom. The van der Waals surface area contributed by atoms with E-state index in [1.54, 1.807) is 31.3 Å². The van der Waals surface area contributed by atoms with Crippen LogP contribution in [0, 0.1) is 10.1 Å². The SMILES string of the molecule is Cn1c([N+](=O)[O-])cnc1C=C1Cc2cc(Cl)ccc2C1=O. The molecule has 0 amide bonds. The third-order valence-corrected chi connectivity index (χ3v) is 3.71. The van der Waals surface area contributed by atoms with Crippen LogP contribution in [0.1, 0.15) is 21.7 Å². The highest BCUT2D eigenvalue weighted by atomic mass is 35.5.